The van der Waals surface area contributed by atoms with Crippen LogP contribution in [0, 0.1) is 5.92 Å². The molecule has 17 heavy (non-hydrogen) atoms. The van der Waals surface area contributed by atoms with Crippen LogP contribution >= 0.6 is 12.6 Å². The van der Waals surface area contributed by atoms with Crippen molar-refractivity contribution in [1.82, 2.24) is 0 Å². The van der Waals surface area contributed by atoms with Gasteiger partial charge in [0.15, 0.2) is 0 Å². The second-order valence-electron chi connectivity index (χ2n) is 6.05. The van der Waals surface area contributed by atoms with Gasteiger partial charge in [-0.15, -0.1) is 0 Å². The molecule has 1 unspecified atom stereocenters. The van der Waals surface area contributed by atoms with E-state index in [2.05, 4.69) is 27.7 Å². The largest absolute Gasteiger partial charge is 0.173 e. The van der Waals surface area contributed by atoms with Crippen molar-refractivity contribution in [2.75, 3.05) is 0 Å². The lowest BCUT2D eigenvalue weighted by Crippen LogP contribution is -2.24. The van der Waals surface area contributed by atoms with Crippen molar-refractivity contribution in [3.63, 3.8) is 0 Å². The highest BCUT2D eigenvalue weighted by Crippen LogP contribution is 2.32. The summed E-state index contributed by atoms with van der Waals surface area (Å²) in [6, 6.07) is 0. The van der Waals surface area contributed by atoms with E-state index in [1.165, 1.54) is 64.2 Å². The second kappa shape index (κ2) is 10.3. The lowest BCUT2D eigenvalue weighted by Gasteiger charge is -2.30. The summed E-state index contributed by atoms with van der Waals surface area (Å²) in [5.74, 6) is 0.803. The summed E-state index contributed by atoms with van der Waals surface area (Å²) in [5.41, 5.74) is 0. The summed E-state index contributed by atoms with van der Waals surface area (Å²) < 4.78 is 0.207. The molecule has 1 heteroatoms. The van der Waals surface area contributed by atoms with Crippen LogP contribution in [-0.2, 0) is 0 Å². The summed E-state index contributed by atoms with van der Waals surface area (Å²) >= 11 is 4.78. The van der Waals surface area contributed by atoms with Crippen molar-refractivity contribution in [3.8, 4) is 0 Å². The topological polar surface area (TPSA) is 0 Å². The quantitative estimate of drug-likeness (QED) is 0.328. The van der Waals surface area contributed by atoms with Crippen LogP contribution in [0.3, 0.4) is 0 Å². The summed E-state index contributed by atoms with van der Waals surface area (Å²) in [6.45, 7) is 9.14. The second-order valence-corrected chi connectivity index (χ2v) is 7.20. The van der Waals surface area contributed by atoms with Crippen LogP contribution < -0.4 is 0 Å². The number of thiol groups is 1. The molecule has 0 aliphatic heterocycles. The molecule has 0 radical (unpaired) electrons. The maximum atomic E-state index is 4.78. The Labute approximate surface area is 115 Å². The first-order valence-electron chi connectivity index (χ1n) is 7.74. The third-order valence-electron chi connectivity index (χ3n) is 3.81. The van der Waals surface area contributed by atoms with Crippen molar-refractivity contribution >= 4 is 12.6 Å². The van der Waals surface area contributed by atoms with E-state index in [0.717, 1.165) is 5.92 Å². The average Bonchev–Trinajstić information content (AvgIpc) is 2.25. The molecule has 0 heterocycles. The molecule has 0 aliphatic carbocycles. The first kappa shape index (κ1) is 17.4. The number of rotatable bonds is 11. The summed E-state index contributed by atoms with van der Waals surface area (Å²) in [4.78, 5) is 0. The molecule has 0 fully saturated rings. The van der Waals surface area contributed by atoms with Crippen LogP contribution in [0.25, 0.3) is 0 Å². The van der Waals surface area contributed by atoms with E-state index in [9.17, 15) is 0 Å². The minimum atomic E-state index is 0.207. The smallest absolute Gasteiger partial charge is 0.0101 e. The average molecular weight is 259 g/mol. The van der Waals surface area contributed by atoms with E-state index in [-0.39, 0.29) is 4.75 Å². The zero-order valence-electron chi connectivity index (χ0n) is 12.6. The predicted molar refractivity (Wildman–Crippen MR) is 84.1 cm³/mol. The van der Waals surface area contributed by atoms with Crippen molar-refractivity contribution < 1.29 is 0 Å². The Hall–Kier alpha value is 0.350. The Kier molecular flexibility index (Phi) is 10.5. The predicted octanol–water partition coefficient (Wildman–Crippen LogP) is 6.25. The van der Waals surface area contributed by atoms with E-state index in [0.29, 0.717) is 0 Å². The molecule has 0 aromatic carbocycles. The number of unbranched alkanes of at least 4 members (excludes halogenated alkanes) is 6. The fraction of sp³-hybridized carbons (Fsp3) is 1.00. The van der Waals surface area contributed by atoms with Crippen LogP contribution in [0.1, 0.15) is 91.9 Å². The van der Waals surface area contributed by atoms with Crippen molar-refractivity contribution in [1.29, 1.82) is 0 Å². The molecule has 0 saturated heterocycles. The molecule has 0 saturated carbocycles. The molecule has 0 amide bonds. The highest BCUT2D eigenvalue weighted by Gasteiger charge is 2.24. The molecular weight excluding hydrogens is 224 g/mol. The first-order chi connectivity index (χ1) is 8.02. The molecule has 0 N–H and O–H groups in total. The molecule has 0 aromatic heterocycles. The summed E-state index contributed by atoms with van der Waals surface area (Å²) in [5, 5.41) is 0. The third-order valence-corrected chi connectivity index (χ3v) is 4.18. The Balaban J connectivity index is 3.69. The van der Waals surface area contributed by atoms with Gasteiger partial charge in [-0.25, -0.2) is 0 Å². The zero-order valence-corrected chi connectivity index (χ0v) is 13.5. The van der Waals surface area contributed by atoms with Gasteiger partial charge in [0.2, 0.25) is 0 Å². The van der Waals surface area contributed by atoms with Crippen molar-refractivity contribution in [3.05, 3.63) is 0 Å². The minimum Gasteiger partial charge on any atom is -0.173 e. The Morgan fingerprint density at radius 2 is 1.24 bits per heavy atom. The van der Waals surface area contributed by atoms with Gasteiger partial charge in [0.25, 0.3) is 0 Å². The third kappa shape index (κ3) is 10.00. The van der Waals surface area contributed by atoms with Crippen molar-refractivity contribution in [2.45, 2.75) is 96.7 Å². The van der Waals surface area contributed by atoms with Crippen LogP contribution in [0.2, 0.25) is 0 Å². The Bertz CT molecular complexity index is 157. The summed E-state index contributed by atoms with van der Waals surface area (Å²) in [6.07, 6.45) is 13.9. The standard InChI is InChI=1S/C16H34S/c1-5-7-9-10-11-12-14-15(13-8-6-2)16(3,4)17/h15,17H,5-14H2,1-4H3. The monoisotopic (exact) mass is 258 g/mol. The normalized spacial score (nSPS) is 13.9. The van der Waals surface area contributed by atoms with Gasteiger partial charge in [0.1, 0.15) is 0 Å². The maximum Gasteiger partial charge on any atom is 0.0101 e. The molecule has 0 aromatic rings. The maximum absolute atomic E-state index is 4.78. The van der Waals surface area contributed by atoms with Crippen LogP contribution in [0.15, 0.2) is 0 Å². The number of hydrogen-bond donors (Lipinski definition) is 1. The lowest BCUT2D eigenvalue weighted by atomic mass is 9.85. The number of hydrogen-bond acceptors (Lipinski definition) is 1. The van der Waals surface area contributed by atoms with E-state index >= 15 is 0 Å². The molecule has 0 rings (SSSR count). The van der Waals surface area contributed by atoms with Gasteiger partial charge < -0.3 is 0 Å². The zero-order chi connectivity index (χ0) is 13.1. The molecule has 0 spiro atoms. The lowest BCUT2D eigenvalue weighted by molar-refractivity contribution is 0.346. The van der Waals surface area contributed by atoms with Gasteiger partial charge in [-0.3, -0.25) is 0 Å². The van der Waals surface area contributed by atoms with E-state index in [4.69, 9.17) is 12.6 Å². The van der Waals surface area contributed by atoms with E-state index < -0.39 is 0 Å². The van der Waals surface area contributed by atoms with Crippen molar-refractivity contribution in [2.24, 2.45) is 5.92 Å². The Morgan fingerprint density at radius 3 is 1.76 bits per heavy atom. The highest BCUT2D eigenvalue weighted by molar-refractivity contribution is 7.81. The molecule has 0 nitrogen and oxygen atoms in total. The van der Waals surface area contributed by atoms with Gasteiger partial charge in [-0.2, -0.15) is 12.6 Å². The fourth-order valence-corrected chi connectivity index (χ4v) is 2.73. The van der Waals surface area contributed by atoms with Gasteiger partial charge in [-0.1, -0.05) is 79.1 Å². The molecule has 0 aliphatic rings. The van der Waals surface area contributed by atoms with Gasteiger partial charge in [-0.05, 0) is 18.8 Å². The first-order valence-corrected chi connectivity index (χ1v) is 8.19. The summed E-state index contributed by atoms with van der Waals surface area (Å²) in [7, 11) is 0. The van der Waals surface area contributed by atoms with Gasteiger partial charge in [0, 0.05) is 4.75 Å². The Morgan fingerprint density at radius 1 is 0.765 bits per heavy atom. The van der Waals surface area contributed by atoms with Gasteiger partial charge >= 0.3 is 0 Å². The van der Waals surface area contributed by atoms with Crippen LogP contribution in [0.4, 0.5) is 0 Å². The van der Waals surface area contributed by atoms with E-state index in [1.807, 2.05) is 0 Å². The fourth-order valence-electron chi connectivity index (χ4n) is 2.47. The minimum absolute atomic E-state index is 0.207. The van der Waals surface area contributed by atoms with Gasteiger partial charge in [0.05, 0.1) is 0 Å². The van der Waals surface area contributed by atoms with E-state index in [1.54, 1.807) is 0 Å². The molecule has 1 atom stereocenters. The SMILES string of the molecule is CCCCCCCCC(CCCC)C(C)(C)S. The molecular formula is C16H34S. The molecule has 104 valence electrons. The highest BCUT2D eigenvalue weighted by atomic mass is 32.1. The van der Waals surface area contributed by atoms with Crippen LogP contribution in [0.5, 0.6) is 0 Å². The molecule has 0 bridgehead atoms. The van der Waals surface area contributed by atoms with Crippen LogP contribution in [-0.4, -0.2) is 4.75 Å².